The zero-order chi connectivity index (χ0) is 22.0. The van der Waals surface area contributed by atoms with Crippen molar-refractivity contribution in [2.45, 2.75) is 25.2 Å². The van der Waals surface area contributed by atoms with Gasteiger partial charge >= 0.3 is 0 Å². The maximum Gasteiger partial charge on any atom is 0.194 e. The van der Waals surface area contributed by atoms with Crippen LogP contribution in [0.3, 0.4) is 0 Å². The van der Waals surface area contributed by atoms with Crippen molar-refractivity contribution in [3.8, 4) is 0 Å². The third-order valence-corrected chi connectivity index (χ3v) is 5.78. The first-order valence-electron chi connectivity index (χ1n) is 10.1. The molecular weight excluding hydrogens is 539 g/mol. The number of likely N-dealkylation sites (tertiary alicyclic amines) is 1. The fourth-order valence-corrected chi connectivity index (χ4v) is 4.22. The van der Waals surface area contributed by atoms with Gasteiger partial charge in [0.15, 0.2) is 29.2 Å². The molecule has 2 aliphatic heterocycles. The molecular formula is C22H25F4IN4O. The lowest BCUT2D eigenvalue weighted by Crippen LogP contribution is -2.50. The zero-order valence-corrected chi connectivity index (χ0v) is 19.9. The second-order valence-electron chi connectivity index (χ2n) is 7.69. The number of benzene rings is 2. The number of morpholine rings is 1. The highest BCUT2D eigenvalue weighted by molar-refractivity contribution is 14.0. The second kappa shape index (κ2) is 10.8. The molecule has 0 aromatic heterocycles. The minimum atomic E-state index is -1.43. The quantitative estimate of drug-likeness (QED) is 0.203. The van der Waals surface area contributed by atoms with Gasteiger partial charge in [-0.3, -0.25) is 9.89 Å². The molecule has 2 atom stereocenters. The summed E-state index contributed by atoms with van der Waals surface area (Å²) in [4.78, 5) is 8.48. The van der Waals surface area contributed by atoms with E-state index in [9.17, 15) is 17.6 Å². The first kappa shape index (κ1) is 24.7. The third-order valence-electron chi connectivity index (χ3n) is 5.78. The summed E-state index contributed by atoms with van der Waals surface area (Å²) in [6.45, 7) is 2.95. The van der Waals surface area contributed by atoms with Gasteiger partial charge < -0.3 is 15.0 Å². The fraction of sp³-hybridized carbons (Fsp3) is 0.409. The summed E-state index contributed by atoms with van der Waals surface area (Å²) in [5.41, 5.74) is 0.514. The van der Waals surface area contributed by atoms with Gasteiger partial charge in [0.05, 0.1) is 18.8 Å². The van der Waals surface area contributed by atoms with Crippen molar-refractivity contribution in [1.82, 2.24) is 15.1 Å². The average Bonchev–Trinajstić information content (AvgIpc) is 3.21. The highest BCUT2D eigenvalue weighted by Gasteiger charge is 2.41. The summed E-state index contributed by atoms with van der Waals surface area (Å²) >= 11 is 0. The molecule has 0 aliphatic carbocycles. The van der Waals surface area contributed by atoms with E-state index in [4.69, 9.17) is 4.74 Å². The molecule has 0 radical (unpaired) electrons. The summed E-state index contributed by atoms with van der Waals surface area (Å²) in [5, 5.41) is 2.83. The van der Waals surface area contributed by atoms with Crippen LogP contribution in [0, 0.1) is 23.3 Å². The molecule has 0 saturated carbocycles. The molecule has 2 saturated heterocycles. The summed E-state index contributed by atoms with van der Waals surface area (Å²) in [5.74, 6) is -5.28. The molecule has 2 aliphatic rings. The number of fused-ring (bicyclic) bond motifs is 1. The predicted molar refractivity (Wildman–Crippen MR) is 124 cm³/mol. The molecule has 5 nitrogen and oxygen atoms in total. The Morgan fingerprint density at radius 1 is 1.09 bits per heavy atom. The van der Waals surface area contributed by atoms with Crippen molar-refractivity contribution in [3.63, 3.8) is 0 Å². The Morgan fingerprint density at radius 3 is 2.44 bits per heavy atom. The van der Waals surface area contributed by atoms with Crippen LogP contribution >= 0.6 is 24.0 Å². The number of aliphatic imine (C=N–C) groups is 1. The summed E-state index contributed by atoms with van der Waals surface area (Å²) in [6, 6.07) is 10.5. The normalized spacial score (nSPS) is 21.3. The third kappa shape index (κ3) is 5.18. The van der Waals surface area contributed by atoms with Crippen molar-refractivity contribution in [3.05, 3.63) is 70.8 Å². The second-order valence-corrected chi connectivity index (χ2v) is 7.69. The molecule has 0 amide bonds. The van der Waals surface area contributed by atoms with Gasteiger partial charge in [-0.15, -0.1) is 24.0 Å². The van der Waals surface area contributed by atoms with Crippen LogP contribution in [0.25, 0.3) is 0 Å². The van der Waals surface area contributed by atoms with Crippen LogP contribution < -0.4 is 5.32 Å². The SMILES string of the molecule is CN=C(NCc1c(F)c(F)cc(F)c1F)N1CC2OCCN(Cc3ccccc3)C2C1.I. The van der Waals surface area contributed by atoms with E-state index in [0.29, 0.717) is 25.7 Å². The number of ether oxygens (including phenoxy) is 1. The van der Waals surface area contributed by atoms with Crippen molar-refractivity contribution in [1.29, 1.82) is 0 Å². The van der Waals surface area contributed by atoms with Crippen molar-refractivity contribution in [2.75, 3.05) is 33.3 Å². The molecule has 4 rings (SSSR count). The molecule has 2 fully saturated rings. The van der Waals surface area contributed by atoms with Crippen LogP contribution in [-0.2, 0) is 17.8 Å². The summed E-state index contributed by atoms with van der Waals surface area (Å²) in [6.07, 6.45) is -0.0314. The van der Waals surface area contributed by atoms with Crippen LogP contribution in [0.15, 0.2) is 41.4 Å². The maximum atomic E-state index is 14.0. The van der Waals surface area contributed by atoms with Gasteiger partial charge in [0.1, 0.15) is 0 Å². The van der Waals surface area contributed by atoms with Gasteiger partial charge in [-0.25, -0.2) is 17.6 Å². The fourth-order valence-electron chi connectivity index (χ4n) is 4.22. The Kier molecular flexibility index (Phi) is 8.34. The van der Waals surface area contributed by atoms with Crippen LogP contribution in [0.2, 0.25) is 0 Å². The predicted octanol–water partition coefficient (Wildman–Crippen LogP) is 3.52. The molecule has 2 heterocycles. The molecule has 174 valence electrons. The average molecular weight is 564 g/mol. The maximum absolute atomic E-state index is 14.0. The number of halogens is 5. The highest BCUT2D eigenvalue weighted by Crippen LogP contribution is 2.25. The summed E-state index contributed by atoms with van der Waals surface area (Å²) in [7, 11) is 1.55. The number of rotatable bonds is 4. The van der Waals surface area contributed by atoms with E-state index in [2.05, 4.69) is 27.3 Å². The molecule has 1 N–H and O–H groups in total. The lowest BCUT2D eigenvalue weighted by atomic mass is 10.1. The van der Waals surface area contributed by atoms with Crippen molar-refractivity contribution in [2.24, 2.45) is 4.99 Å². The largest absolute Gasteiger partial charge is 0.373 e. The minimum Gasteiger partial charge on any atom is -0.373 e. The number of hydrogen-bond acceptors (Lipinski definition) is 3. The Morgan fingerprint density at radius 2 is 1.78 bits per heavy atom. The number of nitrogens with one attached hydrogen (secondary N) is 1. The lowest BCUT2D eigenvalue weighted by molar-refractivity contribution is -0.0502. The van der Waals surface area contributed by atoms with E-state index >= 15 is 0 Å². The Labute approximate surface area is 201 Å². The van der Waals surface area contributed by atoms with E-state index in [-0.39, 0.29) is 42.2 Å². The smallest absolute Gasteiger partial charge is 0.194 e. The van der Waals surface area contributed by atoms with Crippen LogP contribution in [0.1, 0.15) is 11.1 Å². The van der Waals surface area contributed by atoms with Crippen LogP contribution in [-0.4, -0.2) is 61.2 Å². The summed E-state index contributed by atoms with van der Waals surface area (Å²) < 4.78 is 60.8. The highest BCUT2D eigenvalue weighted by atomic mass is 127. The van der Waals surface area contributed by atoms with Gasteiger partial charge in [0, 0.05) is 51.4 Å². The van der Waals surface area contributed by atoms with E-state index in [0.717, 1.165) is 13.1 Å². The van der Waals surface area contributed by atoms with Crippen LogP contribution in [0.5, 0.6) is 0 Å². The molecule has 0 spiro atoms. The zero-order valence-electron chi connectivity index (χ0n) is 17.5. The number of nitrogens with zero attached hydrogens (tertiary/aromatic N) is 3. The van der Waals surface area contributed by atoms with Crippen molar-refractivity contribution < 1.29 is 22.3 Å². The standard InChI is InChI=1S/C22H24F4N4O.HI/c1-27-22(28-10-15-20(25)16(23)9-17(24)21(15)26)30-12-18-19(13-30)31-8-7-29(18)11-14-5-3-2-4-6-14;/h2-6,9,18-19H,7-8,10-13H2,1H3,(H,27,28);1H. The minimum absolute atomic E-state index is 0. The molecule has 0 bridgehead atoms. The lowest BCUT2D eigenvalue weighted by Gasteiger charge is -2.36. The van der Waals surface area contributed by atoms with Gasteiger partial charge in [-0.1, -0.05) is 30.3 Å². The van der Waals surface area contributed by atoms with Crippen molar-refractivity contribution >= 4 is 29.9 Å². The topological polar surface area (TPSA) is 40.1 Å². The number of guanidine groups is 1. The van der Waals surface area contributed by atoms with Gasteiger partial charge in [0.2, 0.25) is 0 Å². The van der Waals surface area contributed by atoms with E-state index < -0.39 is 35.4 Å². The monoisotopic (exact) mass is 564 g/mol. The Bertz CT molecular complexity index is 936. The van der Waals surface area contributed by atoms with Crippen LogP contribution in [0.4, 0.5) is 17.6 Å². The molecule has 2 aromatic carbocycles. The van der Waals surface area contributed by atoms with Gasteiger partial charge in [-0.05, 0) is 5.56 Å². The Hall–Kier alpha value is -1.92. The van der Waals surface area contributed by atoms with E-state index in [1.165, 1.54) is 5.56 Å². The molecule has 32 heavy (non-hydrogen) atoms. The van der Waals surface area contributed by atoms with E-state index in [1.54, 1.807) is 7.05 Å². The molecule has 2 unspecified atom stereocenters. The first-order valence-corrected chi connectivity index (χ1v) is 10.1. The van der Waals surface area contributed by atoms with Gasteiger partial charge in [-0.2, -0.15) is 0 Å². The van der Waals surface area contributed by atoms with Gasteiger partial charge in [0.25, 0.3) is 0 Å². The molecule has 2 aromatic rings. The first-order chi connectivity index (χ1) is 15.0. The number of hydrogen-bond donors (Lipinski definition) is 1. The Balaban J connectivity index is 0.00000289. The van der Waals surface area contributed by atoms with E-state index in [1.807, 2.05) is 23.1 Å². The molecule has 10 heteroatoms.